The number of ether oxygens (including phenoxy) is 1. The first kappa shape index (κ1) is 32.6. The molecule has 0 aliphatic rings. The fourth-order valence-corrected chi connectivity index (χ4v) is 4.30. The fraction of sp³-hybridized carbons (Fsp3) is 0.400. The molecule has 3 aromatic rings. The molecular formula is C30H38N6O7. The van der Waals surface area contributed by atoms with Crippen molar-refractivity contribution in [2.24, 2.45) is 5.92 Å². The lowest BCUT2D eigenvalue weighted by Crippen LogP contribution is -2.37. The summed E-state index contributed by atoms with van der Waals surface area (Å²) < 4.78 is 7.64. The van der Waals surface area contributed by atoms with Gasteiger partial charge in [-0.15, -0.1) is 0 Å². The average molecular weight is 595 g/mol. The van der Waals surface area contributed by atoms with Gasteiger partial charge in [-0.1, -0.05) is 32.1 Å². The van der Waals surface area contributed by atoms with E-state index in [1.165, 1.54) is 52.9 Å². The molecule has 0 saturated carbocycles. The number of carbonyl (C=O) groups is 4. The lowest BCUT2D eigenvalue weighted by atomic mass is 10.0. The highest BCUT2D eigenvalue weighted by Crippen LogP contribution is 2.23. The summed E-state index contributed by atoms with van der Waals surface area (Å²) in [7, 11) is 6.16. The fourth-order valence-electron chi connectivity index (χ4n) is 4.30. The summed E-state index contributed by atoms with van der Waals surface area (Å²) in [6.45, 7) is 3.94. The maximum atomic E-state index is 13.4. The topological polar surface area (TPSA) is 156 Å². The van der Waals surface area contributed by atoms with Gasteiger partial charge in [0.1, 0.15) is 11.5 Å². The van der Waals surface area contributed by atoms with Crippen LogP contribution in [0.5, 0.6) is 0 Å². The number of pyridine rings is 1. The average Bonchev–Trinajstić information content (AvgIpc) is 3.31. The minimum atomic E-state index is -1.25. The van der Waals surface area contributed by atoms with Crippen LogP contribution in [0.15, 0.2) is 53.5 Å². The minimum Gasteiger partial charge on any atom is -0.464 e. The van der Waals surface area contributed by atoms with Crippen molar-refractivity contribution >= 4 is 40.7 Å². The van der Waals surface area contributed by atoms with Crippen LogP contribution in [0.25, 0.3) is 11.0 Å². The molecule has 43 heavy (non-hydrogen) atoms. The summed E-state index contributed by atoms with van der Waals surface area (Å²) in [5, 5.41) is 12.5. The monoisotopic (exact) mass is 594 g/mol. The van der Waals surface area contributed by atoms with E-state index in [1.807, 2.05) is 6.07 Å². The predicted octanol–water partition coefficient (Wildman–Crippen LogP) is 3.40. The Labute approximate surface area is 249 Å². The number of hydrogen-bond donors (Lipinski definition) is 2. The molecule has 1 unspecified atom stereocenters. The van der Waals surface area contributed by atoms with Crippen molar-refractivity contribution in [1.82, 2.24) is 23.9 Å². The number of anilines is 1. The minimum absolute atomic E-state index is 0.0605. The van der Waals surface area contributed by atoms with E-state index < -0.39 is 29.8 Å². The van der Waals surface area contributed by atoms with Crippen molar-refractivity contribution in [1.29, 1.82) is 0 Å². The van der Waals surface area contributed by atoms with Crippen LogP contribution in [0.4, 0.5) is 15.3 Å². The summed E-state index contributed by atoms with van der Waals surface area (Å²) >= 11 is 0. The van der Waals surface area contributed by atoms with Gasteiger partial charge in [0.15, 0.2) is 6.10 Å². The van der Waals surface area contributed by atoms with Crippen molar-refractivity contribution in [2.45, 2.75) is 45.8 Å². The van der Waals surface area contributed by atoms with E-state index >= 15 is 0 Å². The molecule has 13 nitrogen and oxygen atoms in total. The first-order chi connectivity index (χ1) is 20.3. The van der Waals surface area contributed by atoms with E-state index in [-0.39, 0.29) is 36.8 Å². The molecule has 0 radical (unpaired) electrons. The Morgan fingerprint density at radius 2 is 1.79 bits per heavy atom. The highest BCUT2D eigenvalue weighted by molar-refractivity contribution is 5.95. The number of amides is 3. The summed E-state index contributed by atoms with van der Waals surface area (Å²) in [5.74, 6) is -0.498. The van der Waals surface area contributed by atoms with E-state index in [4.69, 9.17) is 4.74 Å². The molecule has 0 spiro atoms. The normalized spacial score (nSPS) is 12.0. The van der Waals surface area contributed by atoms with Crippen LogP contribution in [0.2, 0.25) is 0 Å². The molecule has 0 saturated heterocycles. The number of benzene rings is 1. The Morgan fingerprint density at radius 1 is 1.07 bits per heavy atom. The molecule has 13 heteroatoms. The van der Waals surface area contributed by atoms with Crippen LogP contribution in [-0.4, -0.2) is 87.3 Å². The van der Waals surface area contributed by atoms with Gasteiger partial charge in [0.2, 0.25) is 5.91 Å². The van der Waals surface area contributed by atoms with Crippen molar-refractivity contribution < 1.29 is 29.0 Å². The molecule has 0 aliphatic heterocycles. The molecule has 3 amide bonds. The van der Waals surface area contributed by atoms with Crippen LogP contribution in [-0.2, 0) is 27.3 Å². The molecule has 1 atom stereocenters. The Hall–Kier alpha value is -4.94. The lowest BCUT2D eigenvalue weighted by molar-refractivity contribution is -0.125. The number of aromatic nitrogens is 3. The summed E-state index contributed by atoms with van der Waals surface area (Å²) in [6, 6.07) is 8.29. The molecule has 2 N–H and O–H groups in total. The van der Waals surface area contributed by atoms with E-state index in [2.05, 4.69) is 24.1 Å². The summed E-state index contributed by atoms with van der Waals surface area (Å²) in [5.41, 5.74) is 1.19. The van der Waals surface area contributed by atoms with Crippen LogP contribution in [0, 0.1) is 5.92 Å². The second kappa shape index (κ2) is 14.3. The van der Waals surface area contributed by atoms with Gasteiger partial charge in [0, 0.05) is 34.4 Å². The second-order valence-corrected chi connectivity index (χ2v) is 10.9. The smallest absolute Gasteiger partial charge is 0.417 e. The number of fused-ring (bicyclic) bond motifs is 1. The van der Waals surface area contributed by atoms with Gasteiger partial charge in [-0.2, -0.15) is 0 Å². The SMILES string of the molecule is CC(C)Cc1cccc2c1nc(Cn1cccc(NC(=O)C(CC/C=C/C(=O)N(C)C)OC(=O)N(C)C)c1=O)n2C(=O)O. The molecule has 230 valence electrons. The number of hydrogen-bond acceptors (Lipinski definition) is 7. The van der Waals surface area contributed by atoms with E-state index in [9.17, 15) is 29.1 Å². The number of nitrogens with one attached hydrogen (secondary N) is 1. The number of nitrogens with zero attached hydrogens (tertiary/aromatic N) is 5. The Kier molecular flexibility index (Phi) is 10.8. The number of imidazole rings is 1. The third-order valence-corrected chi connectivity index (χ3v) is 6.44. The van der Waals surface area contributed by atoms with Crippen LogP contribution < -0.4 is 10.9 Å². The van der Waals surface area contributed by atoms with Crippen LogP contribution in [0.1, 0.15) is 38.1 Å². The van der Waals surface area contributed by atoms with Gasteiger partial charge in [-0.3, -0.25) is 14.4 Å². The third kappa shape index (κ3) is 8.31. The molecule has 0 bridgehead atoms. The number of carbonyl (C=O) groups excluding carboxylic acids is 3. The van der Waals surface area contributed by atoms with Gasteiger partial charge in [-0.25, -0.2) is 19.1 Å². The largest absolute Gasteiger partial charge is 0.464 e. The summed E-state index contributed by atoms with van der Waals surface area (Å²) in [4.78, 5) is 69.9. The second-order valence-electron chi connectivity index (χ2n) is 10.9. The number of rotatable bonds is 11. The highest BCUT2D eigenvalue weighted by atomic mass is 16.6. The van der Waals surface area contributed by atoms with E-state index in [0.29, 0.717) is 23.4 Å². The zero-order valence-corrected chi connectivity index (χ0v) is 25.2. The molecule has 0 fully saturated rings. The Balaban J connectivity index is 1.88. The molecule has 1 aromatic carbocycles. The van der Waals surface area contributed by atoms with Gasteiger partial charge < -0.3 is 29.5 Å². The maximum Gasteiger partial charge on any atom is 0.417 e. The maximum absolute atomic E-state index is 13.4. The zero-order chi connectivity index (χ0) is 31.8. The van der Waals surface area contributed by atoms with Gasteiger partial charge >= 0.3 is 12.2 Å². The van der Waals surface area contributed by atoms with Gasteiger partial charge in [0.25, 0.3) is 11.5 Å². The third-order valence-electron chi connectivity index (χ3n) is 6.44. The number of para-hydroxylation sites is 1. The Morgan fingerprint density at radius 3 is 2.42 bits per heavy atom. The van der Waals surface area contributed by atoms with Crippen LogP contribution >= 0.6 is 0 Å². The molecule has 2 aromatic heterocycles. The number of likely N-dealkylation sites (N-methyl/N-ethyl adjacent to an activating group) is 1. The molecule has 2 heterocycles. The van der Waals surface area contributed by atoms with Crippen molar-refractivity contribution in [2.75, 3.05) is 33.5 Å². The molecule has 0 aliphatic carbocycles. The lowest BCUT2D eigenvalue weighted by Gasteiger charge is -2.19. The first-order valence-electron chi connectivity index (χ1n) is 13.8. The number of allylic oxidation sites excluding steroid dienone is 1. The standard InChI is InChI=1S/C30H38N6O7/c1-19(2)17-20-11-9-13-22-26(20)32-24(36(22)29(40)41)18-35-16-10-12-21(28(35)39)31-27(38)23(43-30(42)34(5)6)14-7-8-15-25(37)33(3)4/h8-13,15-16,19,23H,7,14,17-18H2,1-6H3,(H,31,38)(H,40,41)/b15-8+. The molecule has 3 rings (SSSR count). The summed E-state index contributed by atoms with van der Waals surface area (Å²) in [6.07, 6.45) is 2.18. The van der Waals surface area contributed by atoms with Gasteiger partial charge in [-0.05, 0) is 55.0 Å². The van der Waals surface area contributed by atoms with Gasteiger partial charge in [0.05, 0.1) is 17.6 Å². The van der Waals surface area contributed by atoms with Crippen molar-refractivity contribution in [3.05, 3.63) is 70.4 Å². The quantitative estimate of drug-likeness (QED) is 0.320. The molecular weight excluding hydrogens is 556 g/mol. The zero-order valence-electron chi connectivity index (χ0n) is 25.2. The van der Waals surface area contributed by atoms with Crippen molar-refractivity contribution in [3.63, 3.8) is 0 Å². The van der Waals surface area contributed by atoms with Crippen molar-refractivity contribution in [3.8, 4) is 0 Å². The van der Waals surface area contributed by atoms with E-state index in [1.54, 1.807) is 32.3 Å². The Bertz CT molecular complexity index is 1590. The number of carboxylic acid groups (broad SMARTS) is 1. The highest BCUT2D eigenvalue weighted by Gasteiger charge is 2.25. The van der Waals surface area contributed by atoms with Crippen LogP contribution in [0.3, 0.4) is 0 Å². The predicted molar refractivity (Wildman–Crippen MR) is 161 cm³/mol. The first-order valence-corrected chi connectivity index (χ1v) is 13.8. The van der Waals surface area contributed by atoms with E-state index in [0.717, 1.165) is 10.1 Å².